The van der Waals surface area contributed by atoms with Crippen LogP contribution in [0.2, 0.25) is 0 Å². The minimum absolute atomic E-state index is 0.0351. The summed E-state index contributed by atoms with van der Waals surface area (Å²) in [6.07, 6.45) is -1.64. The lowest BCUT2D eigenvalue weighted by Gasteiger charge is -2.24. The monoisotopic (exact) mass is 320 g/mol. The van der Waals surface area contributed by atoms with Gasteiger partial charge in [0.25, 0.3) is 5.91 Å². The molecular weight excluding hydrogens is 296 g/mol. The highest BCUT2D eigenvalue weighted by Gasteiger charge is 2.34. The molecule has 9 heteroatoms. The average molecular weight is 320 g/mol. The number of ether oxygens (including phenoxy) is 1. The number of aliphatic hydroxyl groups excluding tert-OH is 2. The first-order valence-electron chi connectivity index (χ1n) is 6.98. The molecule has 0 aliphatic rings. The molecule has 0 aliphatic carbocycles. The van der Waals surface area contributed by atoms with E-state index in [2.05, 4.69) is 5.32 Å². The molecule has 0 heterocycles. The number of amides is 2. The molecule has 0 fully saturated rings. The number of carbonyl (C=O) groups is 3. The first kappa shape index (κ1) is 20.3. The molecule has 22 heavy (non-hydrogen) atoms. The summed E-state index contributed by atoms with van der Waals surface area (Å²) in [7, 11) is 0. The van der Waals surface area contributed by atoms with E-state index in [1.165, 1.54) is 5.48 Å². The maximum atomic E-state index is 12.2. The van der Waals surface area contributed by atoms with Gasteiger partial charge in [0.1, 0.15) is 6.10 Å². The van der Waals surface area contributed by atoms with Crippen molar-refractivity contribution in [3.63, 3.8) is 0 Å². The lowest BCUT2D eigenvalue weighted by Crippen LogP contribution is -2.51. The van der Waals surface area contributed by atoms with Crippen LogP contribution in [-0.4, -0.2) is 58.6 Å². The number of nitrogens with one attached hydrogen (secondary N) is 2. The lowest BCUT2D eigenvalue weighted by atomic mass is 9.90. The summed E-state index contributed by atoms with van der Waals surface area (Å²) in [5.74, 6) is -3.96. The number of hydrogen-bond acceptors (Lipinski definition) is 7. The Morgan fingerprint density at radius 2 is 1.77 bits per heavy atom. The highest BCUT2D eigenvalue weighted by molar-refractivity contribution is 5.91. The van der Waals surface area contributed by atoms with Crippen molar-refractivity contribution in [2.75, 3.05) is 13.2 Å². The Morgan fingerprint density at radius 1 is 1.18 bits per heavy atom. The second-order valence-electron chi connectivity index (χ2n) is 5.15. The van der Waals surface area contributed by atoms with E-state index in [4.69, 9.17) is 15.1 Å². The standard InChI is InChI=1S/C13H24N2O7/c1-4-22-13(20)9(6-16)14-11(18)8(5-7(2)3)10(17)12(19)15-21/h7-10,16-17,21H,4-6H2,1-3H3,(H,14,18)(H,15,19)/t8-,9+,10+/m1/s1. The van der Waals surface area contributed by atoms with E-state index in [-0.39, 0.29) is 18.9 Å². The van der Waals surface area contributed by atoms with Crippen molar-refractivity contribution in [2.24, 2.45) is 11.8 Å². The van der Waals surface area contributed by atoms with Gasteiger partial charge in [0, 0.05) is 0 Å². The van der Waals surface area contributed by atoms with Crippen molar-refractivity contribution in [3.05, 3.63) is 0 Å². The quantitative estimate of drug-likeness (QED) is 0.199. The van der Waals surface area contributed by atoms with Gasteiger partial charge in [-0.25, -0.2) is 10.3 Å². The molecule has 0 bridgehead atoms. The van der Waals surface area contributed by atoms with E-state index in [0.29, 0.717) is 0 Å². The van der Waals surface area contributed by atoms with Crippen molar-refractivity contribution in [1.29, 1.82) is 0 Å². The van der Waals surface area contributed by atoms with Crippen LogP contribution in [0.25, 0.3) is 0 Å². The molecule has 0 aromatic carbocycles. The molecule has 2 amide bonds. The van der Waals surface area contributed by atoms with Gasteiger partial charge in [-0.3, -0.25) is 14.8 Å². The Morgan fingerprint density at radius 3 is 2.18 bits per heavy atom. The summed E-state index contributed by atoms with van der Waals surface area (Å²) < 4.78 is 4.69. The minimum Gasteiger partial charge on any atom is -0.464 e. The van der Waals surface area contributed by atoms with Crippen LogP contribution in [0, 0.1) is 11.8 Å². The number of hydrogen-bond donors (Lipinski definition) is 5. The van der Waals surface area contributed by atoms with Gasteiger partial charge in [0.15, 0.2) is 6.04 Å². The maximum absolute atomic E-state index is 12.2. The maximum Gasteiger partial charge on any atom is 0.331 e. The van der Waals surface area contributed by atoms with Gasteiger partial charge in [-0.05, 0) is 19.3 Å². The Bertz CT molecular complexity index is 387. The van der Waals surface area contributed by atoms with Gasteiger partial charge < -0.3 is 20.3 Å². The molecule has 0 spiro atoms. The van der Waals surface area contributed by atoms with Crippen LogP contribution in [0.5, 0.6) is 0 Å². The van der Waals surface area contributed by atoms with Crippen molar-refractivity contribution in [2.45, 2.75) is 39.3 Å². The SMILES string of the molecule is CCOC(=O)[C@H](CO)NC(=O)[C@H](CC(C)C)[C@H](O)C(=O)NO. The number of carbonyl (C=O) groups excluding carboxylic acids is 3. The molecule has 3 atom stereocenters. The number of esters is 1. The predicted molar refractivity (Wildman–Crippen MR) is 74.5 cm³/mol. The van der Waals surface area contributed by atoms with Gasteiger partial charge in [-0.15, -0.1) is 0 Å². The minimum atomic E-state index is -1.78. The highest BCUT2D eigenvalue weighted by Crippen LogP contribution is 2.17. The molecular formula is C13H24N2O7. The van der Waals surface area contributed by atoms with E-state index < -0.39 is 42.5 Å². The fraction of sp³-hybridized carbons (Fsp3) is 0.769. The van der Waals surface area contributed by atoms with Crippen molar-refractivity contribution >= 4 is 17.8 Å². The van der Waals surface area contributed by atoms with Crippen LogP contribution in [0.4, 0.5) is 0 Å². The van der Waals surface area contributed by atoms with E-state index in [1.54, 1.807) is 20.8 Å². The third-order valence-electron chi connectivity index (χ3n) is 2.89. The van der Waals surface area contributed by atoms with Gasteiger partial charge >= 0.3 is 5.97 Å². The Hall–Kier alpha value is -1.71. The Kier molecular flexibility index (Phi) is 9.31. The summed E-state index contributed by atoms with van der Waals surface area (Å²) in [5.41, 5.74) is 1.27. The third kappa shape index (κ3) is 6.37. The third-order valence-corrected chi connectivity index (χ3v) is 2.89. The summed E-state index contributed by atoms with van der Waals surface area (Å²) in [4.78, 5) is 35.0. The van der Waals surface area contributed by atoms with E-state index in [0.717, 1.165) is 0 Å². The van der Waals surface area contributed by atoms with E-state index in [9.17, 15) is 19.5 Å². The second-order valence-corrected chi connectivity index (χ2v) is 5.15. The van der Waals surface area contributed by atoms with Crippen LogP contribution >= 0.6 is 0 Å². The predicted octanol–water partition coefficient (Wildman–Crippen LogP) is -1.44. The summed E-state index contributed by atoms with van der Waals surface area (Å²) >= 11 is 0. The molecule has 0 unspecified atom stereocenters. The summed E-state index contributed by atoms with van der Waals surface area (Å²) in [6.45, 7) is 4.53. The topological polar surface area (TPSA) is 145 Å². The van der Waals surface area contributed by atoms with Crippen LogP contribution in [-0.2, 0) is 19.1 Å². The molecule has 0 aromatic heterocycles. The lowest BCUT2D eigenvalue weighted by molar-refractivity contribution is -0.151. The zero-order valence-electron chi connectivity index (χ0n) is 12.9. The summed E-state index contributed by atoms with van der Waals surface area (Å²) in [5, 5.41) is 29.7. The van der Waals surface area contributed by atoms with Gasteiger partial charge in [-0.1, -0.05) is 13.8 Å². The fourth-order valence-electron chi connectivity index (χ4n) is 1.84. The molecule has 0 aliphatic heterocycles. The molecule has 0 rings (SSSR count). The highest BCUT2D eigenvalue weighted by atomic mass is 16.5. The van der Waals surface area contributed by atoms with Crippen LogP contribution < -0.4 is 10.8 Å². The smallest absolute Gasteiger partial charge is 0.331 e. The van der Waals surface area contributed by atoms with Crippen molar-refractivity contribution < 1.29 is 34.5 Å². The molecule has 0 aromatic rings. The Labute approximate surface area is 128 Å². The van der Waals surface area contributed by atoms with Crippen molar-refractivity contribution in [3.8, 4) is 0 Å². The average Bonchev–Trinajstić information content (AvgIpc) is 2.48. The van der Waals surface area contributed by atoms with Crippen LogP contribution in [0.15, 0.2) is 0 Å². The molecule has 128 valence electrons. The van der Waals surface area contributed by atoms with E-state index >= 15 is 0 Å². The van der Waals surface area contributed by atoms with Gasteiger partial charge in [0.05, 0.1) is 19.1 Å². The largest absolute Gasteiger partial charge is 0.464 e. The number of hydroxylamine groups is 1. The number of rotatable bonds is 9. The second kappa shape index (κ2) is 10.1. The van der Waals surface area contributed by atoms with Crippen LogP contribution in [0.3, 0.4) is 0 Å². The van der Waals surface area contributed by atoms with Gasteiger partial charge in [0.2, 0.25) is 5.91 Å². The summed E-state index contributed by atoms with van der Waals surface area (Å²) in [6, 6.07) is -1.29. The van der Waals surface area contributed by atoms with Crippen molar-refractivity contribution in [1.82, 2.24) is 10.8 Å². The normalized spacial score (nSPS) is 14.9. The molecule has 9 nitrogen and oxygen atoms in total. The van der Waals surface area contributed by atoms with Crippen LogP contribution in [0.1, 0.15) is 27.2 Å². The first-order chi connectivity index (χ1) is 10.3. The molecule has 5 N–H and O–H groups in total. The zero-order chi connectivity index (χ0) is 17.3. The van der Waals surface area contributed by atoms with Gasteiger partial charge in [-0.2, -0.15) is 0 Å². The Balaban J connectivity index is 5.02. The zero-order valence-corrected chi connectivity index (χ0v) is 12.9. The van der Waals surface area contributed by atoms with E-state index in [1.807, 2.05) is 0 Å². The first-order valence-corrected chi connectivity index (χ1v) is 6.98. The molecule has 0 saturated heterocycles. The number of aliphatic hydroxyl groups is 2. The molecule has 0 saturated carbocycles. The fourth-order valence-corrected chi connectivity index (χ4v) is 1.84. The molecule has 0 radical (unpaired) electrons.